The molecule has 6 atom stereocenters. The van der Waals surface area contributed by atoms with Crippen LogP contribution in [-0.2, 0) is 32.0 Å². The van der Waals surface area contributed by atoms with E-state index in [0.29, 0.717) is 17.7 Å². The summed E-state index contributed by atoms with van der Waals surface area (Å²) >= 11 is 0. The Labute approximate surface area is 220 Å². The van der Waals surface area contributed by atoms with Gasteiger partial charge in [0.05, 0.1) is 18.5 Å². The van der Waals surface area contributed by atoms with Crippen LogP contribution in [0.3, 0.4) is 0 Å². The predicted molar refractivity (Wildman–Crippen MR) is 137 cm³/mol. The highest BCUT2D eigenvalue weighted by molar-refractivity contribution is 5.94. The molecule has 0 fully saturated rings. The molecule has 2 aromatic rings. The molecule has 0 bridgehead atoms. The molecule has 1 aromatic heterocycles. The number of nitrogens with one attached hydrogen (secondary N) is 4. The van der Waals surface area contributed by atoms with Gasteiger partial charge in [-0.3, -0.25) is 14.4 Å². The molecule has 13 nitrogen and oxygen atoms in total. The van der Waals surface area contributed by atoms with Crippen molar-refractivity contribution in [3.63, 3.8) is 0 Å². The van der Waals surface area contributed by atoms with Gasteiger partial charge < -0.3 is 42.0 Å². The van der Waals surface area contributed by atoms with Gasteiger partial charge in [0.25, 0.3) is 0 Å². The number of benzene rings is 1. The first kappa shape index (κ1) is 30.3. The third-order valence-electron chi connectivity index (χ3n) is 6.18. The first-order chi connectivity index (χ1) is 17.9. The lowest BCUT2D eigenvalue weighted by atomic mass is 9.96. The number of carboxylic acid groups (broad SMARTS) is 1. The monoisotopic (exact) mass is 532 g/mol. The summed E-state index contributed by atoms with van der Waals surface area (Å²) in [5.41, 5.74) is 7.23. The fourth-order valence-electron chi connectivity index (χ4n) is 3.67. The minimum atomic E-state index is -1.60. The zero-order valence-corrected chi connectivity index (χ0v) is 21.5. The maximum Gasteiger partial charge on any atom is 0.328 e. The van der Waals surface area contributed by atoms with Crippen molar-refractivity contribution in [3.05, 3.63) is 48.0 Å². The molecular formula is C25H36N6O7. The van der Waals surface area contributed by atoms with Gasteiger partial charge in [0.15, 0.2) is 6.04 Å². The van der Waals surface area contributed by atoms with Gasteiger partial charge in [-0.15, -0.1) is 0 Å². The molecule has 2 rings (SSSR count). The van der Waals surface area contributed by atoms with Crippen LogP contribution in [0.2, 0.25) is 0 Å². The lowest BCUT2D eigenvalue weighted by molar-refractivity contribution is -0.145. The number of aliphatic carboxylic acids is 1. The van der Waals surface area contributed by atoms with Gasteiger partial charge in [-0.25, -0.2) is 9.78 Å². The topological polar surface area (TPSA) is 220 Å². The molecule has 9 N–H and O–H groups in total. The number of aromatic hydroxyl groups is 1. The smallest absolute Gasteiger partial charge is 0.328 e. The van der Waals surface area contributed by atoms with Gasteiger partial charge >= 0.3 is 5.97 Å². The number of rotatable bonds is 14. The highest BCUT2D eigenvalue weighted by Gasteiger charge is 2.33. The van der Waals surface area contributed by atoms with Gasteiger partial charge in [0.2, 0.25) is 17.7 Å². The molecule has 208 valence electrons. The van der Waals surface area contributed by atoms with Crippen LogP contribution in [0.4, 0.5) is 0 Å². The van der Waals surface area contributed by atoms with Crippen molar-refractivity contribution in [1.29, 1.82) is 0 Å². The summed E-state index contributed by atoms with van der Waals surface area (Å²) in [6.45, 7) is 4.81. The summed E-state index contributed by atoms with van der Waals surface area (Å²) in [6, 6.07) is 1.05. The molecule has 0 aliphatic carbocycles. The molecular weight excluding hydrogens is 496 g/mol. The number of hydrogen-bond acceptors (Lipinski definition) is 8. The van der Waals surface area contributed by atoms with Crippen LogP contribution >= 0.6 is 0 Å². The van der Waals surface area contributed by atoms with E-state index < -0.39 is 54.0 Å². The normalized spacial score (nSPS) is 15.8. The number of aliphatic hydroxyl groups is 1. The number of amides is 3. The largest absolute Gasteiger partial charge is 0.508 e. The minimum Gasteiger partial charge on any atom is -0.508 e. The van der Waals surface area contributed by atoms with Crippen LogP contribution in [0.15, 0.2) is 36.8 Å². The maximum atomic E-state index is 13.4. The van der Waals surface area contributed by atoms with Crippen molar-refractivity contribution >= 4 is 23.7 Å². The summed E-state index contributed by atoms with van der Waals surface area (Å²) in [7, 11) is 0. The molecule has 13 heteroatoms. The number of imidazole rings is 1. The van der Waals surface area contributed by atoms with Crippen LogP contribution < -0.4 is 21.7 Å². The van der Waals surface area contributed by atoms with Gasteiger partial charge in [-0.2, -0.15) is 0 Å². The van der Waals surface area contributed by atoms with Crippen molar-refractivity contribution < 1.29 is 34.5 Å². The summed E-state index contributed by atoms with van der Waals surface area (Å²) in [5.74, 6) is -3.85. The summed E-state index contributed by atoms with van der Waals surface area (Å²) in [4.78, 5) is 57.5. The molecule has 0 saturated carbocycles. The number of nitrogens with two attached hydrogens (primary N) is 1. The van der Waals surface area contributed by atoms with E-state index >= 15 is 0 Å². The van der Waals surface area contributed by atoms with Crippen LogP contribution in [0, 0.1) is 5.92 Å². The fraction of sp³-hybridized carbons (Fsp3) is 0.480. The SMILES string of the molecule is CCC(C)C(NC(=O)C(N)Cc1cnc[nH]1)C(=O)NC(Cc1ccc(O)cc1)C(=O)NC(C(=O)O)C(C)O. The van der Waals surface area contributed by atoms with Crippen molar-refractivity contribution in [2.45, 2.75) is 70.3 Å². The second-order valence-corrected chi connectivity index (χ2v) is 9.26. The molecule has 3 amide bonds. The number of carbonyl (C=O) groups is 4. The van der Waals surface area contributed by atoms with Crippen LogP contribution in [-0.4, -0.2) is 79.2 Å². The van der Waals surface area contributed by atoms with Crippen LogP contribution in [0.25, 0.3) is 0 Å². The Kier molecular flexibility index (Phi) is 11.2. The predicted octanol–water partition coefficient (Wildman–Crippen LogP) is -0.806. The first-order valence-electron chi connectivity index (χ1n) is 12.3. The van der Waals surface area contributed by atoms with E-state index in [0.717, 1.165) is 0 Å². The Morgan fingerprint density at radius 2 is 1.61 bits per heavy atom. The van der Waals surface area contributed by atoms with E-state index in [4.69, 9.17) is 5.73 Å². The Bertz CT molecular complexity index is 1070. The van der Waals surface area contributed by atoms with Crippen molar-refractivity contribution in [1.82, 2.24) is 25.9 Å². The number of carboxylic acids is 1. The summed E-state index contributed by atoms with van der Waals surface area (Å²) in [5, 5.41) is 36.2. The molecule has 0 radical (unpaired) electrons. The average Bonchev–Trinajstić information content (AvgIpc) is 3.38. The molecule has 1 heterocycles. The zero-order chi connectivity index (χ0) is 28.4. The summed E-state index contributed by atoms with van der Waals surface area (Å²) in [6.07, 6.45) is 2.24. The fourth-order valence-corrected chi connectivity index (χ4v) is 3.67. The third-order valence-corrected chi connectivity index (χ3v) is 6.18. The number of hydrogen-bond donors (Lipinski definition) is 8. The molecule has 0 spiro atoms. The number of aliphatic hydroxyl groups excluding tert-OH is 1. The second-order valence-electron chi connectivity index (χ2n) is 9.26. The highest BCUT2D eigenvalue weighted by Crippen LogP contribution is 2.14. The number of carbonyl (C=O) groups excluding carboxylic acids is 3. The van der Waals surface area contributed by atoms with E-state index in [1.807, 2.05) is 6.92 Å². The molecule has 0 aliphatic rings. The van der Waals surface area contributed by atoms with Crippen molar-refractivity contribution in [2.75, 3.05) is 0 Å². The average molecular weight is 533 g/mol. The summed E-state index contributed by atoms with van der Waals surface area (Å²) < 4.78 is 0. The van der Waals surface area contributed by atoms with E-state index in [9.17, 15) is 34.5 Å². The minimum absolute atomic E-state index is 0.00449. The maximum absolute atomic E-state index is 13.4. The van der Waals surface area contributed by atoms with E-state index in [1.165, 1.54) is 31.6 Å². The van der Waals surface area contributed by atoms with Crippen molar-refractivity contribution in [2.24, 2.45) is 11.7 Å². The quantitative estimate of drug-likeness (QED) is 0.152. The Balaban J connectivity index is 2.23. The number of nitrogens with zero attached hydrogens (tertiary/aromatic N) is 1. The van der Waals surface area contributed by atoms with Gasteiger partial charge in [-0.1, -0.05) is 32.4 Å². The highest BCUT2D eigenvalue weighted by atomic mass is 16.4. The number of H-pyrrole nitrogens is 1. The Hall–Kier alpha value is -3.97. The third kappa shape index (κ3) is 8.85. The first-order valence-corrected chi connectivity index (χ1v) is 12.3. The zero-order valence-electron chi connectivity index (χ0n) is 21.5. The van der Waals surface area contributed by atoms with Gasteiger partial charge in [0, 0.05) is 24.7 Å². The standard InChI is InChI=1S/C25H36N6O7/c1-4-13(2)20(30-22(34)18(26)10-16-11-27-12-28-16)24(36)29-19(9-15-5-7-17(33)8-6-15)23(35)31-21(14(3)32)25(37)38/h5-8,11-14,18-21,32-33H,4,9-10,26H2,1-3H3,(H,27,28)(H,29,36)(H,30,34)(H,31,35)(H,37,38). The molecule has 0 saturated heterocycles. The number of phenols is 1. The number of phenolic OH excluding ortho intramolecular Hbond substituents is 1. The lowest BCUT2D eigenvalue weighted by Crippen LogP contribution is -2.60. The van der Waals surface area contributed by atoms with E-state index in [1.54, 1.807) is 19.1 Å². The van der Waals surface area contributed by atoms with E-state index in [2.05, 4.69) is 25.9 Å². The number of aromatic nitrogens is 2. The van der Waals surface area contributed by atoms with Crippen LogP contribution in [0.5, 0.6) is 5.75 Å². The molecule has 38 heavy (non-hydrogen) atoms. The van der Waals surface area contributed by atoms with E-state index in [-0.39, 0.29) is 24.5 Å². The Morgan fingerprint density at radius 1 is 0.974 bits per heavy atom. The molecule has 1 aromatic carbocycles. The van der Waals surface area contributed by atoms with Crippen LogP contribution in [0.1, 0.15) is 38.4 Å². The Morgan fingerprint density at radius 3 is 2.13 bits per heavy atom. The lowest BCUT2D eigenvalue weighted by Gasteiger charge is -2.28. The second kappa shape index (κ2) is 14.1. The van der Waals surface area contributed by atoms with Crippen molar-refractivity contribution in [3.8, 4) is 5.75 Å². The molecule has 6 unspecified atom stereocenters. The molecule has 0 aliphatic heterocycles. The van der Waals surface area contributed by atoms with Gasteiger partial charge in [0.1, 0.15) is 17.8 Å². The van der Waals surface area contributed by atoms with Gasteiger partial charge in [-0.05, 0) is 30.5 Å². The number of aromatic amines is 1.